The van der Waals surface area contributed by atoms with E-state index in [1.807, 2.05) is 60.7 Å². The Kier molecular flexibility index (Phi) is 4.09. The van der Waals surface area contributed by atoms with Crippen molar-refractivity contribution >= 4 is 11.8 Å². The van der Waals surface area contributed by atoms with Crippen molar-refractivity contribution in [2.75, 3.05) is 0 Å². The zero-order valence-electron chi connectivity index (χ0n) is 15.3. The van der Waals surface area contributed by atoms with Gasteiger partial charge in [-0.3, -0.25) is 4.79 Å². The molecule has 0 aliphatic heterocycles. The predicted octanol–water partition coefficient (Wildman–Crippen LogP) is 5.00. The van der Waals surface area contributed by atoms with E-state index in [2.05, 4.69) is 12.1 Å². The first-order chi connectivity index (χ1) is 13.7. The molecule has 0 amide bonds. The minimum atomic E-state index is -0.430. The second kappa shape index (κ2) is 6.75. The van der Waals surface area contributed by atoms with Gasteiger partial charge in [-0.25, -0.2) is 4.79 Å². The lowest BCUT2D eigenvalue weighted by molar-refractivity contribution is 0.0145. The van der Waals surface area contributed by atoms with Crippen LogP contribution in [-0.2, 0) is 4.74 Å². The predicted molar refractivity (Wildman–Crippen MR) is 106 cm³/mol. The molecule has 0 spiro atoms. The molecule has 3 heteroatoms. The first kappa shape index (κ1) is 16.9. The van der Waals surface area contributed by atoms with Crippen LogP contribution in [0.3, 0.4) is 0 Å². The summed E-state index contributed by atoms with van der Waals surface area (Å²) in [5, 5.41) is 0. The average molecular weight is 368 g/mol. The first-order valence-electron chi connectivity index (χ1n) is 9.68. The van der Waals surface area contributed by atoms with Crippen molar-refractivity contribution in [1.82, 2.24) is 0 Å². The van der Waals surface area contributed by atoms with E-state index in [1.165, 1.54) is 11.1 Å². The summed E-state index contributed by atoms with van der Waals surface area (Å²) in [5.74, 6) is -0.459. The molecule has 0 N–H and O–H groups in total. The molecule has 0 heterocycles. The van der Waals surface area contributed by atoms with Gasteiger partial charge in [0.1, 0.15) is 6.10 Å². The molecule has 0 radical (unpaired) electrons. The van der Waals surface area contributed by atoms with E-state index in [1.54, 1.807) is 12.1 Å². The van der Waals surface area contributed by atoms with Crippen LogP contribution in [0.15, 0.2) is 84.9 Å². The third-order valence-electron chi connectivity index (χ3n) is 6.10. The summed E-state index contributed by atoms with van der Waals surface area (Å²) in [6.07, 6.45) is 0.426. The Hall–Kier alpha value is -3.20. The molecule has 0 unspecified atom stereocenters. The first-order valence-corrected chi connectivity index (χ1v) is 9.68. The van der Waals surface area contributed by atoms with Crippen LogP contribution in [0.25, 0.3) is 0 Å². The van der Waals surface area contributed by atoms with Crippen molar-refractivity contribution in [1.29, 1.82) is 0 Å². The zero-order chi connectivity index (χ0) is 19.1. The number of carbonyl (C=O) groups excluding carboxylic acids is 2. The second-order valence-corrected chi connectivity index (χ2v) is 7.57. The zero-order valence-corrected chi connectivity index (χ0v) is 15.3. The molecule has 4 atom stereocenters. The fraction of sp³-hybridized carbons (Fsp3) is 0.200. The van der Waals surface area contributed by atoms with Gasteiger partial charge in [0.05, 0.1) is 11.5 Å². The molecule has 2 aliphatic rings. The number of rotatable bonds is 4. The lowest BCUT2D eigenvalue weighted by atomic mass is 9.77. The van der Waals surface area contributed by atoms with Crippen molar-refractivity contribution in [2.45, 2.75) is 24.4 Å². The molecule has 3 aromatic carbocycles. The Morgan fingerprint density at radius 1 is 0.679 bits per heavy atom. The van der Waals surface area contributed by atoms with Crippen LogP contribution in [-0.4, -0.2) is 17.9 Å². The van der Waals surface area contributed by atoms with Crippen LogP contribution < -0.4 is 0 Å². The summed E-state index contributed by atoms with van der Waals surface area (Å²) in [6.45, 7) is 0. The SMILES string of the molecule is O=C(O[C@@H]1[C@@H](C(=O)c2ccccc2)[C@@H]2C[C@H]1c1ccccc12)c1ccccc1. The topological polar surface area (TPSA) is 43.4 Å². The normalized spacial score (nSPS) is 24.6. The van der Waals surface area contributed by atoms with Crippen LogP contribution in [0.5, 0.6) is 0 Å². The van der Waals surface area contributed by atoms with Gasteiger partial charge in [-0.2, -0.15) is 0 Å². The number of hydrogen-bond acceptors (Lipinski definition) is 3. The van der Waals surface area contributed by atoms with Gasteiger partial charge >= 0.3 is 5.97 Å². The van der Waals surface area contributed by atoms with Crippen LogP contribution in [0.1, 0.15) is 50.1 Å². The molecule has 138 valence electrons. The molecule has 2 bridgehead atoms. The van der Waals surface area contributed by atoms with Gasteiger partial charge in [0.15, 0.2) is 5.78 Å². The molecule has 0 aromatic heterocycles. The standard InChI is InChI=1S/C25H20O3/c26-23(16-9-3-1-4-10-16)22-20-15-21(19-14-8-7-13-18(19)20)24(22)28-25(27)17-11-5-2-6-12-17/h1-14,20-22,24H,15H2/t20-,21+,22-,24+/m1/s1. The van der Waals surface area contributed by atoms with Gasteiger partial charge in [-0.1, -0.05) is 72.8 Å². The number of ketones is 1. The number of fused-ring (bicyclic) bond motifs is 5. The Labute approximate surface area is 164 Å². The van der Waals surface area contributed by atoms with E-state index in [-0.39, 0.29) is 29.5 Å². The quantitative estimate of drug-likeness (QED) is 0.481. The summed E-state index contributed by atoms with van der Waals surface area (Å²) in [5.41, 5.74) is 3.65. The van der Waals surface area contributed by atoms with Gasteiger partial charge in [-0.05, 0) is 35.6 Å². The van der Waals surface area contributed by atoms with Crippen LogP contribution in [0.2, 0.25) is 0 Å². The summed E-state index contributed by atoms with van der Waals surface area (Å²) in [7, 11) is 0. The van der Waals surface area contributed by atoms with Gasteiger partial charge < -0.3 is 4.74 Å². The Morgan fingerprint density at radius 3 is 1.86 bits per heavy atom. The van der Waals surface area contributed by atoms with Crippen molar-refractivity contribution in [2.24, 2.45) is 5.92 Å². The smallest absolute Gasteiger partial charge is 0.338 e. The molecular formula is C25H20O3. The van der Waals surface area contributed by atoms with Gasteiger partial charge in [0.2, 0.25) is 0 Å². The highest BCUT2D eigenvalue weighted by Crippen LogP contribution is 2.58. The van der Waals surface area contributed by atoms with E-state index >= 15 is 0 Å². The largest absolute Gasteiger partial charge is 0.457 e. The van der Waals surface area contributed by atoms with Crippen molar-refractivity contribution in [3.8, 4) is 0 Å². The molecule has 0 saturated heterocycles. The highest BCUT2D eigenvalue weighted by molar-refractivity contribution is 6.00. The molecule has 3 nitrogen and oxygen atoms in total. The Morgan fingerprint density at radius 2 is 1.21 bits per heavy atom. The summed E-state index contributed by atoms with van der Waals surface area (Å²) >= 11 is 0. The highest BCUT2D eigenvalue weighted by Gasteiger charge is 2.55. The Bertz CT molecular complexity index is 1030. The third kappa shape index (κ3) is 2.66. The Balaban J connectivity index is 1.52. The average Bonchev–Trinajstić information content (AvgIpc) is 3.31. The number of Topliss-reactive ketones (excluding diaryl/α,β-unsaturated/α-hetero) is 1. The number of benzene rings is 3. The lowest BCUT2D eigenvalue weighted by Crippen LogP contribution is -2.36. The van der Waals surface area contributed by atoms with Gasteiger partial charge in [-0.15, -0.1) is 0 Å². The van der Waals surface area contributed by atoms with E-state index in [0.717, 1.165) is 6.42 Å². The minimum absolute atomic E-state index is 0.0634. The number of carbonyl (C=O) groups is 2. The number of esters is 1. The molecule has 2 aliphatic carbocycles. The van der Waals surface area contributed by atoms with Crippen molar-refractivity contribution < 1.29 is 14.3 Å². The minimum Gasteiger partial charge on any atom is -0.457 e. The van der Waals surface area contributed by atoms with E-state index in [0.29, 0.717) is 11.1 Å². The molecule has 1 saturated carbocycles. The van der Waals surface area contributed by atoms with Crippen molar-refractivity contribution in [3.63, 3.8) is 0 Å². The van der Waals surface area contributed by atoms with E-state index < -0.39 is 6.10 Å². The van der Waals surface area contributed by atoms with Crippen LogP contribution >= 0.6 is 0 Å². The monoisotopic (exact) mass is 368 g/mol. The maximum atomic E-state index is 13.4. The summed E-state index contributed by atoms with van der Waals surface area (Å²) in [4.78, 5) is 26.1. The summed E-state index contributed by atoms with van der Waals surface area (Å²) in [6, 6.07) is 26.6. The molecule has 3 aromatic rings. The molecule has 1 fully saturated rings. The van der Waals surface area contributed by atoms with Crippen LogP contribution in [0, 0.1) is 5.92 Å². The summed E-state index contributed by atoms with van der Waals surface area (Å²) < 4.78 is 5.98. The fourth-order valence-corrected chi connectivity index (χ4v) is 4.89. The molecular weight excluding hydrogens is 348 g/mol. The lowest BCUT2D eigenvalue weighted by Gasteiger charge is -2.31. The van der Waals surface area contributed by atoms with Crippen LogP contribution in [0.4, 0.5) is 0 Å². The maximum absolute atomic E-state index is 13.4. The number of hydrogen-bond donors (Lipinski definition) is 0. The number of ether oxygens (including phenoxy) is 1. The van der Waals surface area contributed by atoms with Gasteiger partial charge in [0, 0.05) is 11.5 Å². The molecule has 5 rings (SSSR count). The highest BCUT2D eigenvalue weighted by atomic mass is 16.5. The van der Waals surface area contributed by atoms with Gasteiger partial charge in [0.25, 0.3) is 0 Å². The fourth-order valence-electron chi connectivity index (χ4n) is 4.89. The molecule has 28 heavy (non-hydrogen) atoms. The van der Waals surface area contributed by atoms with Crippen molar-refractivity contribution in [3.05, 3.63) is 107 Å². The van der Waals surface area contributed by atoms with E-state index in [4.69, 9.17) is 4.74 Å². The van der Waals surface area contributed by atoms with E-state index in [9.17, 15) is 9.59 Å². The second-order valence-electron chi connectivity index (χ2n) is 7.57. The third-order valence-corrected chi connectivity index (χ3v) is 6.10. The maximum Gasteiger partial charge on any atom is 0.338 e.